The van der Waals surface area contributed by atoms with Crippen LogP contribution in [0.1, 0.15) is 33.3 Å². The van der Waals surface area contributed by atoms with E-state index in [9.17, 15) is 0 Å². The van der Waals surface area contributed by atoms with Gasteiger partial charge in [-0.25, -0.2) is 0 Å². The monoisotopic (exact) mass is 513 g/mol. The Morgan fingerprint density at radius 3 is 2.42 bits per heavy atom. The van der Waals surface area contributed by atoms with Crippen molar-refractivity contribution in [1.82, 2.24) is 0 Å². The third-order valence-corrected chi connectivity index (χ3v) is 10.6. The molecule has 4 aromatic carbocycles. The molecule has 0 saturated heterocycles. The summed E-state index contributed by atoms with van der Waals surface area (Å²) < 4.78 is 13.5. The number of ether oxygens (including phenoxy) is 2. The molecule has 0 amide bonds. The molecule has 3 nitrogen and oxygen atoms in total. The number of nitrogens with zero attached hydrogens (tertiary/aromatic N) is 1. The van der Waals surface area contributed by atoms with E-state index in [1.807, 2.05) is 12.1 Å². The van der Waals surface area contributed by atoms with E-state index in [4.69, 9.17) is 9.47 Å². The first-order valence-corrected chi connectivity index (χ1v) is 14.1. The molecule has 0 atom stereocenters. The van der Waals surface area contributed by atoms with Crippen molar-refractivity contribution in [3.8, 4) is 27.7 Å². The number of hydrogen-bond acceptors (Lipinski definition) is 4. The Bertz CT molecular complexity index is 1800. The van der Waals surface area contributed by atoms with E-state index >= 15 is 0 Å². The number of benzene rings is 4. The van der Waals surface area contributed by atoms with Gasteiger partial charge in [-0.15, -0.1) is 0 Å². The molecular formula is C33H28BNO2S. The molecule has 5 aromatic rings. The van der Waals surface area contributed by atoms with E-state index in [-0.39, 0.29) is 17.7 Å². The highest BCUT2D eigenvalue weighted by Gasteiger charge is 2.56. The lowest BCUT2D eigenvalue weighted by Crippen LogP contribution is -2.62. The fourth-order valence-corrected chi connectivity index (χ4v) is 8.03. The number of rotatable bonds is 2. The summed E-state index contributed by atoms with van der Waals surface area (Å²) in [4.78, 5) is 2.61. The maximum absolute atomic E-state index is 6.83. The number of methoxy groups -OCH3 is 1. The van der Waals surface area contributed by atoms with E-state index in [1.165, 1.54) is 43.4 Å². The van der Waals surface area contributed by atoms with Crippen LogP contribution in [0.3, 0.4) is 0 Å². The van der Waals surface area contributed by atoms with Crippen LogP contribution in [-0.2, 0) is 5.41 Å². The number of anilines is 2. The SMILES string of the molecule is COc1ccc(-c2cc3c4c(c2)N2c5c(cccc5C(C)(C)C2(C)C)B4c2c(sc4ccccc24)O3)cc1. The van der Waals surface area contributed by atoms with Gasteiger partial charge in [-0.2, -0.15) is 0 Å². The summed E-state index contributed by atoms with van der Waals surface area (Å²) in [5, 5.41) is 2.32. The van der Waals surface area contributed by atoms with Gasteiger partial charge >= 0.3 is 0 Å². The van der Waals surface area contributed by atoms with Crippen molar-refractivity contribution in [2.75, 3.05) is 12.0 Å². The molecule has 186 valence electrons. The lowest BCUT2D eigenvalue weighted by Gasteiger charge is -2.46. The van der Waals surface area contributed by atoms with E-state index < -0.39 is 0 Å². The molecule has 0 aliphatic carbocycles. The van der Waals surface area contributed by atoms with Crippen LogP contribution in [0, 0.1) is 0 Å². The molecule has 5 heteroatoms. The maximum Gasteiger partial charge on any atom is 0.258 e. The molecule has 3 aliphatic heterocycles. The summed E-state index contributed by atoms with van der Waals surface area (Å²) in [5.74, 6) is 1.83. The van der Waals surface area contributed by atoms with Gasteiger partial charge in [0.05, 0.1) is 7.11 Å². The summed E-state index contributed by atoms with van der Waals surface area (Å²) >= 11 is 1.76. The van der Waals surface area contributed by atoms with Gasteiger partial charge in [0.25, 0.3) is 6.71 Å². The molecular weight excluding hydrogens is 485 g/mol. The van der Waals surface area contributed by atoms with Crippen molar-refractivity contribution >= 4 is 55.9 Å². The first kappa shape index (κ1) is 22.3. The van der Waals surface area contributed by atoms with Gasteiger partial charge in [-0.1, -0.05) is 73.7 Å². The van der Waals surface area contributed by atoms with E-state index in [0.29, 0.717) is 0 Å². The van der Waals surface area contributed by atoms with Crippen molar-refractivity contribution in [1.29, 1.82) is 0 Å². The van der Waals surface area contributed by atoms with Crippen LogP contribution < -0.4 is 30.8 Å². The summed E-state index contributed by atoms with van der Waals surface area (Å²) in [5.41, 5.74) is 10.2. The van der Waals surface area contributed by atoms with Crippen LogP contribution in [-0.4, -0.2) is 19.4 Å². The van der Waals surface area contributed by atoms with E-state index in [1.54, 1.807) is 18.4 Å². The fourth-order valence-electron chi connectivity index (χ4n) is 6.93. The Morgan fingerprint density at radius 1 is 0.842 bits per heavy atom. The number of thiophene rings is 1. The highest BCUT2D eigenvalue weighted by Crippen LogP contribution is 2.56. The van der Waals surface area contributed by atoms with Gasteiger partial charge in [0.2, 0.25) is 0 Å². The van der Waals surface area contributed by atoms with Crippen LogP contribution in [0.15, 0.2) is 78.9 Å². The summed E-state index contributed by atoms with van der Waals surface area (Å²) in [6, 6.07) is 28.7. The first-order valence-electron chi connectivity index (χ1n) is 13.3. The quantitative estimate of drug-likeness (QED) is 0.240. The first-order chi connectivity index (χ1) is 18.3. The summed E-state index contributed by atoms with van der Waals surface area (Å²) in [6.07, 6.45) is 0. The number of para-hydroxylation sites is 1. The predicted molar refractivity (Wildman–Crippen MR) is 161 cm³/mol. The zero-order chi connectivity index (χ0) is 26.0. The second kappa shape index (κ2) is 7.24. The number of fused-ring (bicyclic) bond motifs is 6. The third kappa shape index (κ3) is 2.60. The van der Waals surface area contributed by atoms with E-state index in [0.717, 1.165) is 27.7 Å². The smallest absolute Gasteiger partial charge is 0.258 e. The Morgan fingerprint density at radius 2 is 1.63 bits per heavy atom. The molecule has 0 spiro atoms. The van der Waals surface area contributed by atoms with Crippen molar-refractivity contribution in [3.05, 3.63) is 84.4 Å². The topological polar surface area (TPSA) is 21.7 Å². The van der Waals surface area contributed by atoms with Crippen molar-refractivity contribution in [2.24, 2.45) is 0 Å². The molecule has 3 aliphatic rings. The van der Waals surface area contributed by atoms with Crippen LogP contribution in [0.4, 0.5) is 11.4 Å². The molecule has 4 heterocycles. The summed E-state index contributed by atoms with van der Waals surface area (Å²) in [7, 11) is 1.71. The predicted octanol–water partition coefficient (Wildman–Crippen LogP) is 6.72. The van der Waals surface area contributed by atoms with Gasteiger partial charge in [0, 0.05) is 27.0 Å². The van der Waals surface area contributed by atoms with Crippen LogP contribution in [0.25, 0.3) is 21.2 Å². The van der Waals surface area contributed by atoms with Gasteiger partial charge in [0.1, 0.15) is 11.5 Å². The van der Waals surface area contributed by atoms with Crippen LogP contribution in [0.5, 0.6) is 16.6 Å². The van der Waals surface area contributed by atoms with Crippen molar-refractivity contribution in [3.63, 3.8) is 0 Å². The number of hydrogen-bond donors (Lipinski definition) is 0. The van der Waals surface area contributed by atoms with Crippen molar-refractivity contribution in [2.45, 2.75) is 38.6 Å². The van der Waals surface area contributed by atoms with Gasteiger partial charge in [0.15, 0.2) is 5.06 Å². The largest absolute Gasteiger partial charge is 0.497 e. The van der Waals surface area contributed by atoms with Crippen LogP contribution in [0.2, 0.25) is 0 Å². The standard InChI is InChI=1S/C33H28BNO2S/c1-32(2)23-10-8-11-24-30(23)35(33(32,3)4)25-17-20(19-13-15-21(36-5)16-14-19)18-26-29(25)34(24)28-22-9-6-7-12-27(22)38-31(28)37-26/h6-18H,1-5H3. The average molecular weight is 513 g/mol. The zero-order valence-electron chi connectivity index (χ0n) is 22.3. The fraction of sp³-hybridized carbons (Fsp3) is 0.212. The zero-order valence-corrected chi connectivity index (χ0v) is 23.1. The lowest BCUT2D eigenvalue weighted by atomic mass is 9.34. The van der Waals surface area contributed by atoms with Gasteiger partial charge < -0.3 is 14.4 Å². The molecule has 0 saturated carbocycles. The average Bonchev–Trinajstić information content (AvgIpc) is 3.37. The Kier molecular flexibility index (Phi) is 4.25. The Hall–Kier alpha value is -3.70. The minimum absolute atomic E-state index is 0.0325. The molecule has 0 N–H and O–H groups in total. The van der Waals surface area contributed by atoms with Gasteiger partial charge in [-0.05, 0) is 82.6 Å². The van der Waals surface area contributed by atoms with Gasteiger partial charge in [-0.3, -0.25) is 0 Å². The lowest BCUT2D eigenvalue weighted by molar-refractivity contribution is 0.330. The third-order valence-electron chi connectivity index (χ3n) is 9.53. The highest BCUT2D eigenvalue weighted by atomic mass is 32.1. The molecule has 0 unspecified atom stereocenters. The minimum Gasteiger partial charge on any atom is -0.497 e. The molecule has 38 heavy (non-hydrogen) atoms. The highest BCUT2D eigenvalue weighted by molar-refractivity contribution is 7.24. The van der Waals surface area contributed by atoms with E-state index in [2.05, 4.69) is 99.3 Å². The minimum atomic E-state index is -0.125. The molecule has 0 radical (unpaired) electrons. The molecule has 0 fully saturated rings. The Balaban J connectivity index is 1.48. The van der Waals surface area contributed by atoms with Crippen LogP contribution >= 0.6 is 11.3 Å². The molecule has 1 aromatic heterocycles. The molecule has 0 bridgehead atoms. The molecule has 8 rings (SSSR count). The second-order valence-corrected chi connectivity index (χ2v) is 12.7. The maximum atomic E-state index is 6.83. The Labute approximate surface area is 227 Å². The normalized spacial score (nSPS) is 17.1. The second-order valence-electron chi connectivity index (χ2n) is 11.7. The summed E-state index contributed by atoms with van der Waals surface area (Å²) in [6.45, 7) is 9.70. The van der Waals surface area contributed by atoms with Crippen molar-refractivity contribution < 1.29 is 9.47 Å².